The summed E-state index contributed by atoms with van der Waals surface area (Å²) < 4.78 is 28.6. The monoisotopic (exact) mass is 275 g/mol. The maximum absolute atomic E-state index is 11.7. The first kappa shape index (κ1) is 12.9. The van der Waals surface area contributed by atoms with Crippen molar-refractivity contribution in [2.45, 2.75) is 38.1 Å². The van der Waals surface area contributed by atoms with Gasteiger partial charge in [0, 0.05) is 24.4 Å². The molecule has 2 rings (SSSR count). The summed E-state index contributed by atoms with van der Waals surface area (Å²) in [5.41, 5.74) is 2.68. The molecule has 1 aromatic heterocycles. The van der Waals surface area contributed by atoms with Crippen LogP contribution in [0, 0.1) is 0 Å². The van der Waals surface area contributed by atoms with Crippen LogP contribution in [-0.4, -0.2) is 26.0 Å². The summed E-state index contributed by atoms with van der Waals surface area (Å²) in [4.78, 5) is 4.10. The van der Waals surface area contributed by atoms with E-state index in [0.717, 1.165) is 31.4 Å². The molecule has 7 heteroatoms. The SMILES string of the molecule is O=S(=O)(NCCc1cscn1)NC1CCCC1. The zero-order chi connectivity index (χ0) is 12.1. The molecule has 0 saturated heterocycles. The Hall–Kier alpha value is -0.500. The molecule has 1 aromatic rings. The van der Waals surface area contributed by atoms with Crippen LogP contribution in [0.1, 0.15) is 31.4 Å². The Bertz CT molecular complexity index is 424. The number of hydrogen-bond donors (Lipinski definition) is 2. The number of nitrogens with one attached hydrogen (secondary N) is 2. The highest BCUT2D eigenvalue weighted by molar-refractivity contribution is 7.87. The van der Waals surface area contributed by atoms with Crippen molar-refractivity contribution in [1.82, 2.24) is 14.4 Å². The van der Waals surface area contributed by atoms with Crippen molar-refractivity contribution in [2.75, 3.05) is 6.54 Å². The maximum Gasteiger partial charge on any atom is 0.277 e. The molecule has 96 valence electrons. The fraction of sp³-hybridized carbons (Fsp3) is 0.700. The van der Waals surface area contributed by atoms with Crippen LogP contribution in [0.4, 0.5) is 0 Å². The average molecular weight is 275 g/mol. The second kappa shape index (κ2) is 5.90. The third-order valence-corrected chi connectivity index (χ3v) is 4.70. The van der Waals surface area contributed by atoms with Gasteiger partial charge in [0.1, 0.15) is 0 Å². The zero-order valence-electron chi connectivity index (χ0n) is 9.55. The topological polar surface area (TPSA) is 71.1 Å². The molecule has 0 spiro atoms. The van der Waals surface area contributed by atoms with Gasteiger partial charge in [-0.3, -0.25) is 0 Å². The van der Waals surface area contributed by atoms with E-state index in [9.17, 15) is 8.42 Å². The number of aromatic nitrogens is 1. The highest BCUT2D eigenvalue weighted by Crippen LogP contribution is 2.17. The van der Waals surface area contributed by atoms with Crippen LogP contribution >= 0.6 is 11.3 Å². The van der Waals surface area contributed by atoms with Crippen molar-refractivity contribution in [1.29, 1.82) is 0 Å². The molecular weight excluding hydrogens is 258 g/mol. The van der Waals surface area contributed by atoms with Crippen LogP contribution in [0.2, 0.25) is 0 Å². The Balaban J connectivity index is 1.73. The first-order chi connectivity index (χ1) is 8.16. The molecule has 0 radical (unpaired) electrons. The third kappa shape index (κ3) is 4.34. The van der Waals surface area contributed by atoms with E-state index in [0.29, 0.717) is 13.0 Å². The van der Waals surface area contributed by atoms with E-state index in [1.807, 2.05) is 5.38 Å². The first-order valence-corrected chi connectivity index (χ1v) is 8.22. The predicted octanol–water partition coefficient (Wildman–Crippen LogP) is 1.05. The minimum atomic E-state index is -3.34. The lowest BCUT2D eigenvalue weighted by Crippen LogP contribution is -2.42. The molecule has 5 nitrogen and oxygen atoms in total. The van der Waals surface area contributed by atoms with Gasteiger partial charge in [0.25, 0.3) is 10.2 Å². The summed E-state index contributed by atoms with van der Waals surface area (Å²) >= 11 is 1.52. The van der Waals surface area contributed by atoms with Crippen molar-refractivity contribution in [2.24, 2.45) is 0 Å². The molecular formula is C10H17N3O2S2. The normalized spacial score (nSPS) is 17.6. The quantitative estimate of drug-likeness (QED) is 0.815. The van der Waals surface area contributed by atoms with Gasteiger partial charge in [-0.05, 0) is 12.8 Å². The van der Waals surface area contributed by atoms with Gasteiger partial charge < -0.3 is 0 Å². The van der Waals surface area contributed by atoms with Gasteiger partial charge in [0.15, 0.2) is 0 Å². The molecule has 2 N–H and O–H groups in total. The van der Waals surface area contributed by atoms with Gasteiger partial charge in [0.2, 0.25) is 0 Å². The molecule has 0 unspecified atom stereocenters. The predicted molar refractivity (Wildman–Crippen MR) is 68.1 cm³/mol. The summed E-state index contributed by atoms with van der Waals surface area (Å²) in [5, 5.41) is 1.93. The Morgan fingerprint density at radius 1 is 1.41 bits per heavy atom. The zero-order valence-corrected chi connectivity index (χ0v) is 11.2. The fourth-order valence-corrected chi connectivity index (χ4v) is 3.70. The summed E-state index contributed by atoms with van der Waals surface area (Å²) in [6.07, 6.45) is 4.77. The number of thiazole rings is 1. The van der Waals surface area contributed by atoms with Crippen LogP contribution < -0.4 is 9.44 Å². The molecule has 0 atom stereocenters. The Morgan fingerprint density at radius 3 is 2.82 bits per heavy atom. The van der Waals surface area contributed by atoms with Crippen molar-refractivity contribution in [3.63, 3.8) is 0 Å². The summed E-state index contributed by atoms with van der Waals surface area (Å²) in [6.45, 7) is 0.395. The van der Waals surface area contributed by atoms with Crippen LogP contribution in [0.5, 0.6) is 0 Å². The second-order valence-corrected chi connectivity index (χ2v) is 6.48. The lowest BCUT2D eigenvalue weighted by Gasteiger charge is -2.12. The van der Waals surface area contributed by atoms with E-state index in [1.54, 1.807) is 5.51 Å². The van der Waals surface area contributed by atoms with E-state index in [2.05, 4.69) is 14.4 Å². The van der Waals surface area contributed by atoms with E-state index in [1.165, 1.54) is 11.3 Å². The number of nitrogens with zero attached hydrogens (tertiary/aromatic N) is 1. The van der Waals surface area contributed by atoms with E-state index >= 15 is 0 Å². The standard InChI is InChI=1S/C10H17N3O2S2/c14-17(15,13-9-3-1-2-4-9)12-6-5-10-7-16-8-11-10/h7-9,12-13H,1-6H2. The minimum Gasteiger partial charge on any atom is -0.250 e. The van der Waals surface area contributed by atoms with Crippen molar-refractivity contribution >= 4 is 21.5 Å². The average Bonchev–Trinajstić information content (AvgIpc) is 2.89. The third-order valence-electron chi connectivity index (χ3n) is 2.83. The Labute approximate surface area is 106 Å². The first-order valence-electron chi connectivity index (χ1n) is 5.80. The maximum atomic E-state index is 11.7. The Morgan fingerprint density at radius 2 is 2.18 bits per heavy atom. The van der Waals surface area contributed by atoms with Crippen molar-refractivity contribution in [3.8, 4) is 0 Å². The smallest absolute Gasteiger partial charge is 0.250 e. The molecule has 0 amide bonds. The van der Waals surface area contributed by atoms with Crippen molar-refractivity contribution in [3.05, 3.63) is 16.6 Å². The van der Waals surface area contributed by atoms with Gasteiger partial charge in [0.05, 0.1) is 11.2 Å². The summed E-state index contributed by atoms with van der Waals surface area (Å²) in [7, 11) is -3.34. The van der Waals surface area contributed by atoms with Crippen LogP contribution in [0.25, 0.3) is 0 Å². The Kier molecular flexibility index (Phi) is 4.49. The molecule has 1 aliphatic rings. The van der Waals surface area contributed by atoms with Gasteiger partial charge >= 0.3 is 0 Å². The largest absolute Gasteiger partial charge is 0.277 e. The second-order valence-electron chi connectivity index (χ2n) is 4.23. The van der Waals surface area contributed by atoms with Crippen LogP contribution in [0.3, 0.4) is 0 Å². The molecule has 1 fully saturated rings. The van der Waals surface area contributed by atoms with Crippen LogP contribution in [-0.2, 0) is 16.6 Å². The molecule has 0 aliphatic heterocycles. The van der Waals surface area contributed by atoms with E-state index in [4.69, 9.17) is 0 Å². The number of hydrogen-bond acceptors (Lipinski definition) is 4. The molecule has 17 heavy (non-hydrogen) atoms. The van der Waals surface area contributed by atoms with Gasteiger partial charge in [-0.25, -0.2) is 9.71 Å². The fourth-order valence-electron chi connectivity index (χ4n) is 1.98. The van der Waals surface area contributed by atoms with E-state index < -0.39 is 10.2 Å². The summed E-state index contributed by atoms with van der Waals surface area (Å²) in [6, 6.07) is 0.117. The van der Waals surface area contributed by atoms with E-state index in [-0.39, 0.29) is 6.04 Å². The lowest BCUT2D eigenvalue weighted by molar-refractivity contribution is 0.539. The lowest BCUT2D eigenvalue weighted by atomic mass is 10.3. The molecule has 0 bridgehead atoms. The molecule has 0 aromatic carbocycles. The minimum absolute atomic E-state index is 0.117. The molecule has 1 aliphatic carbocycles. The van der Waals surface area contributed by atoms with Gasteiger partial charge in [-0.15, -0.1) is 11.3 Å². The summed E-state index contributed by atoms with van der Waals surface area (Å²) in [5.74, 6) is 0. The van der Waals surface area contributed by atoms with Crippen LogP contribution in [0.15, 0.2) is 10.9 Å². The molecule has 1 saturated carbocycles. The van der Waals surface area contributed by atoms with Gasteiger partial charge in [-0.2, -0.15) is 13.1 Å². The number of rotatable bonds is 6. The van der Waals surface area contributed by atoms with Crippen molar-refractivity contribution < 1.29 is 8.42 Å². The molecule has 1 heterocycles. The highest BCUT2D eigenvalue weighted by Gasteiger charge is 2.20. The highest BCUT2D eigenvalue weighted by atomic mass is 32.2. The van der Waals surface area contributed by atoms with Gasteiger partial charge in [-0.1, -0.05) is 12.8 Å².